The lowest BCUT2D eigenvalue weighted by molar-refractivity contribution is 0.0382. The molecule has 0 aromatic heterocycles. The van der Waals surface area contributed by atoms with Crippen LogP contribution in [0.15, 0.2) is 48.3 Å². The van der Waals surface area contributed by atoms with Crippen LogP contribution in [-0.2, 0) is 4.74 Å². The van der Waals surface area contributed by atoms with Crippen molar-refractivity contribution >= 4 is 0 Å². The summed E-state index contributed by atoms with van der Waals surface area (Å²) in [4.78, 5) is 0. The first kappa shape index (κ1) is 23.8. The molecule has 0 heterocycles. The van der Waals surface area contributed by atoms with Crippen molar-refractivity contribution in [3.63, 3.8) is 0 Å². The van der Waals surface area contributed by atoms with Crippen LogP contribution in [0.5, 0.6) is 0 Å². The molecule has 170 valence electrons. The third-order valence-electron chi connectivity index (χ3n) is 6.92. The van der Waals surface area contributed by atoms with Gasteiger partial charge in [0, 0.05) is 5.57 Å². The Labute approximate surface area is 185 Å². The Morgan fingerprint density at radius 1 is 0.935 bits per heavy atom. The van der Waals surface area contributed by atoms with E-state index >= 15 is 0 Å². The fraction of sp³-hybridized carbons (Fsp3) is 0.556. The summed E-state index contributed by atoms with van der Waals surface area (Å²) >= 11 is 0. The van der Waals surface area contributed by atoms with E-state index in [-0.39, 0.29) is 24.5 Å². The van der Waals surface area contributed by atoms with Gasteiger partial charge in [0.25, 0.3) is 0 Å². The summed E-state index contributed by atoms with van der Waals surface area (Å²) in [6, 6.07) is 3.62. The summed E-state index contributed by atoms with van der Waals surface area (Å²) in [5.41, 5.74) is 1.96. The van der Waals surface area contributed by atoms with E-state index in [0.29, 0.717) is 28.2 Å². The maximum absolute atomic E-state index is 14.9. The zero-order chi connectivity index (χ0) is 22.5. The van der Waals surface area contributed by atoms with Gasteiger partial charge in [-0.3, -0.25) is 0 Å². The van der Waals surface area contributed by atoms with Gasteiger partial charge in [-0.15, -0.1) is 0 Å². The molecule has 0 bridgehead atoms. The van der Waals surface area contributed by atoms with Crippen molar-refractivity contribution in [1.82, 2.24) is 0 Å². The van der Waals surface area contributed by atoms with E-state index in [0.717, 1.165) is 51.4 Å². The highest BCUT2D eigenvalue weighted by molar-refractivity contribution is 5.32. The summed E-state index contributed by atoms with van der Waals surface area (Å²) in [5, 5.41) is 0. The molecule has 4 heteroatoms. The molecule has 0 spiro atoms. The lowest BCUT2D eigenvalue weighted by atomic mass is 9.77. The van der Waals surface area contributed by atoms with Gasteiger partial charge >= 0.3 is 0 Å². The molecule has 0 saturated heterocycles. The second-order valence-electron chi connectivity index (χ2n) is 9.56. The van der Waals surface area contributed by atoms with E-state index in [9.17, 15) is 13.2 Å². The maximum Gasteiger partial charge on any atom is 0.162 e. The number of rotatable bonds is 7. The molecule has 1 aromatic carbocycles. The number of halogens is 3. The SMILES string of the molecule is C=C(C)/C=C(/F)C(=C)COC1CCC(c2ccc(C3CCC(C)CC3)c(F)c2F)CC1. The highest BCUT2D eigenvalue weighted by Gasteiger charge is 2.29. The van der Waals surface area contributed by atoms with Crippen LogP contribution in [0.2, 0.25) is 0 Å². The molecule has 1 aromatic rings. The highest BCUT2D eigenvalue weighted by Crippen LogP contribution is 2.40. The van der Waals surface area contributed by atoms with Crippen molar-refractivity contribution in [2.75, 3.05) is 6.61 Å². The van der Waals surface area contributed by atoms with Gasteiger partial charge in [-0.1, -0.05) is 50.6 Å². The standard InChI is InChI=1S/C27H35F3O/c1-17(2)15-25(28)19(4)16-31-22-11-9-21(10-12-22)24-14-13-23(26(29)27(24)30)20-7-5-18(3)6-8-20/h13-15,18,20-22H,1,4-12,16H2,2-3H3/b25-15+. The smallest absolute Gasteiger partial charge is 0.162 e. The van der Waals surface area contributed by atoms with Gasteiger partial charge < -0.3 is 4.74 Å². The van der Waals surface area contributed by atoms with E-state index in [2.05, 4.69) is 20.1 Å². The van der Waals surface area contributed by atoms with Gasteiger partial charge in [0.1, 0.15) is 5.83 Å². The molecule has 0 aliphatic heterocycles. The van der Waals surface area contributed by atoms with E-state index in [1.54, 1.807) is 13.0 Å². The van der Waals surface area contributed by atoms with Crippen molar-refractivity contribution in [1.29, 1.82) is 0 Å². The van der Waals surface area contributed by atoms with Crippen molar-refractivity contribution in [3.05, 3.63) is 71.1 Å². The molecule has 0 atom stereocenters. The van der Waals surface area contributed by atoms with Gasteiger partial charge in [0.2, 0.25) is 0 Å². The minimum atomic E-state index is -0.666. The quantitative estimate of drug-likeness (QED) is 0.394. The van der Waals surface area contributed by atoms with Crippen LogP contribution in [0.1, 0.15) is 88.2 Å². The number of hydrogen-bond acceptors (Lipinski definition) is 1. The first-order valence-electron chi connectivity index (χ1n) is 11.6. The number of ether oxygens (including phenoxy) is 1. The molecule has 0 unspecified atom stereocenters. The van der Waals surface area contributed by atoms with Crippen molar-refractivity contribution in [3.8, 4) is 0 Å². The van der Waals surface area contributed by atoms with Crippen LogP contribution in [0.4, 0.5) is 13.2 Å². The number of benzene rings is 1. The minimum absolute atomic E-state index is 0.00183. The fourth-order valence-electron chi connectivity index (χ4n) is 4.93. The van der Waals surface area contributed by atoms with Crippen LogP contribution in [0, 0.1) is 17.6 Å². The monoisotopic (exact) mass is 432 g/mol. The molecule has 2 saturated carbocycles. The molecule has 0 N–H and O–H groups in total. The topological polar surface area (TPSA) is 9.23 Å². The lowest BCUT2D eigenvalue weighted by Gasteiger charge is -2.30. The van der Waals surface area contributed by atoms with Crippen LogP contribution in [0.3, 0.4) is 0 Å². The summed E-state index contributed by atoms with van der Waals surface area (Å²) < 4.78 is 49.6. The predicted octanol–water partition coefficient (Wildman–Crippen LogP) is 8.29. The normalized spacial score (nSPS) is 27.2. The summed E-state index contributed by atoms with van der Waals surface area (Å²) in [7, 11) is 0. The summed E-state index contributed by atoms with van der Waals surface area (Å²) in [6.45, 7) is 11.5. The second-order valence-corrected chi connectivity index (χ2v) is 9.56. The fourth-order valence-corrected chi connectivity index (χ4v) is 4.93. The maximum atomic E-state index is 14.9. The molecule has 2 fully saturated rings. The summed E-state index contributed by atoms with van der Waals surface area (Å²) in [5.74, 6) is -0.912. The lowest BCUT2D eigenvalue weighted by Crippen LogP contribution is -2.22. The minimum Gasteiger partial charge on any atom is -0.373 e. The van der Waals surface area contributed by atoms with Crippen LogP contribution in [-0.4, -0.2) is 12.7 Å². The molecule has 0 amide bonds. The predicted molar refractivity (Wildman–Crippen MR) is 121 cm³/mol. The van der Waals surface area contributed by atoms with Gasteiger partial charge in [-0.05, 0) is 80.4 Å². The zero-order valence-electron chi connectivity index (χ0n) is 18.9. The highest BCUT2D eigenvalue weighted by atomic mass is 19.2. The Morgan fingerprint density at radius 2 is 1.42 bits per heavy atom. The van der Waals surface area contributed by atoms with E-state index in [1.807, 2.05) is 6.07 Å². The first-order valence-corrected chi connectivity index (χ1v) is 11.6. The van der Waals surface area contributed by atoms with Crippen molar-refractivity contribution in [2.24, 2.45) is 5.92 Å². The average molecular weight is 433 g/mol. The van der Waals surface area contributed by atoms with Crippen LogP contribution in [0.25, 0.3) is 0 Å². The Morgan fingerprint density at radius 3 is 1.90 bits per heavy atom. The molecule has 0 radical (unpaired) electrons. The average Bonchev–Trinajstić information content (AvgIpc) is 2.74. The zero-order valence-corrected chi connectivity index (χ0v) is 18.9. The molecular weight excluding hydrogens is 397 g/mol. The van der Waals surface area contributed by atoms with E-state index < -0.39 is 17.5 Å². The second kappa shape index (κ2) is 10.7. The third kappa shape index (κ3) is 6.12. The molecule has 3 rings (SSSR count). The van der Waals surface area contributed by atoms with Crippen LogP contribution < -0.4 is 0 Å². The Balaban J connectivity index is 1.55. The van der Waals surface area contributed by atoms with Crippen molar-refractivity contribution in [2.45, 2.75) is 83.2 Å². The molecule has 2 aliphatic rings. The largest absolute Gasteiger partial charge is 0.373 e. The van der Waals surface area contributed by atoms with Gasteiger partial charge in [-0.2, -0.15) is 0 Å². The number of hydrogen-bond donors (Lipinski definition) is 0. The molecule has 2 aliphatic carbocycles. The molecular formula is C27H35F3O. The Kier molecular flexibility index (Phi) is 8.21. The van der Waals surface area contributed by atoms with Gasteiger partial charge in [0.15, 0.2) is 11.6 Å². The van der Waals surface area contributed by atoms with E-state index in [4.69, 9.17) is 4.74 Å². The molecule has 31 heavy (non-hydrogen) atoms. The number of allylic oxidation sites excluding steroid dienone is 2. The van der Waals surface area contributed by atoms with Crippen molar-refractivity contribution < 1.29 is 17.9 Å². The Bertz CT molecular complexity index is 825. The van der Waals surface area contributed by atoms with Gasteiger partial charge in [-0.25, -0.2) is 13.2 Å². The Hall–Kier alpha value is -1.81. The van der Waals surface area contributed by atoms with E-state index in [1.165, 1.54) is 6.08 Å². The molecule has 1 nitrogen and oxygen atoms in total. The van der Waals surface area contributed by atoms with Gasteiger partial charge in [0.05, 0.1) is 12.7 Å². The first-order chi connectivity index (χ1) is 14.8. The third-order valence-corrected chi connectivity index (χ3v) is 6.92. The van der Waals surface area contributed by atoms with Crippen LogP contribution >= 0.6 is 0 Å². The summed E-state index contributed by atoms with van der Waals surface area (Å²) in [6.07, 6.45) is 8.32.